The third-order valence-corrected chi connectivity index (χ3v) is 3.86. The Morgan fingerprint density at radius 1 is 1.25 bits per heavy atom. The highest BCUT2D eigenvalue weighted by Crippen LogP contribution is 2.37. The number of methoxy groups -OCH3 is 1. The van der Waals surface area contributed by atoms with Crippen molar-refractivity contribution in [2.45, 2.75) is 38.6 Å². The number of benzene rings is 1. The first kappa shape index (κ1) is 11.7. The molecule has 0 saturated carbocycles. The van der Waals surface area contributed by atoms with Crippen LogP contribution in [0.15, 0.2) is 18.2 Å². The van der Waals surface area contributed by atoms with Gasteiger partial charge in [0.25, 0.3) is 0 Å². The first-order valence-corrected chi connectivity index (χ1v) is 9.25. The van der Waals surface area contributed by atoms with Crippen LogP contribution in [0.4, 0.5) is 0 Å². The van der Waals surface area contributed by atoms with Gasteiger partial charge in [0.1, 0.15) is 5.75 Å². The molecular formula is C13H20O2Si. The minimum atomic E-state index is -1.44. The number of fused-ring (bicyclic) bond motifs is 1. The van der Waals surface area contributed by atoms with Crippen molar-refractivity contribution in [1.82, 2.24) is 0 Å². The second-order valence-corrected chi connectivity index (χ2v) is 9.78. The molecule has 16 heavy (non-hydrogen) atoms. The molecule has 0 radical (unpaired) electrons. The van der Waals surface area contributed by atoms with E-state index in [1.165, 1.54) is 11.1 Å². The molecule has 1 aromatic carbocycles. The highest BCUT2D eigenvalue weighted by molar-refractivity contribution is 6.69. The second kappa shape index (κ2) is 4.22. The maximum absolute atomic E-state index is 6.20. The van der Waals surface area contributed by atoms with Crippen LogP contribution in [0, 0.1) is 0 Å². The molecule has 1 unspecified atom stereocenters. The third-order valence-electron chi connectivity index (χ3n) is 2.87. The summed E-state index contributed by atoms with van der Waals surface area (Å²) in [5, 5.41) is 0. The summed E-state index contributed by atoms with van der Waals surface area (Å²) >= 11 is 0. The van der Waals surface area contributed by atoms with Gasteiger partial charge in [-0.3, -0.25) is 0 Å². The zero-order valence-electron chi connectivity index (χ0n) is 10.5. The second-order valence-electron chi connectivity index (χ2n) is 5.32. The highest BCUT2D eigenvalue weighted by atomic mass is 28.4. The Kier molecular flexibility index (Phi) is 3.08. The molecule has 1 atom stereocenters. The number of ether oxygens (including phenoxy) is 1. The van der Waals surface area contributed by atoms with E-state index in [0.717, 1.165) is 18.6 Å². The Labute approximate surface area is 98.7 Å². The Balaban J connectivity index is 2.20. The Hall–Kier alpha value is -0.803. The normalized spacial score (nSPS) is 19.6. The summed E-state index contributed by atoms with van der Waals surface area (Å²) < 4.78 is 11.4. The van der Waals surface area contributed by atoms with Crippen molar-refractivity contribution < 1.29 is 9.16 Å². The maximum atomic E-state index is 6.20. The van der Waals surface area contributed by atoms with Crippen LogP contribution in [0.5, 0.6) is 5.75 Å². The molecule has 3 heteroatoms. The summed E-state index contributed by atoms with van der Waals surface area (Å²) in [6.07, 6.45) is 2.54. The van der Waals surface area contributed by atoms with E-state index in [2.05, 4.69) is 31.8 Å². The fourth-order valence-corrected chi connectivity index (χ4v) is 3.33. The molecule has 2 nitrogen and oxygen atoms in total. The van der Waals surface area contributed by atoms with E-state index in [0.29, 0.717) is 6.10 Å². The molecule has 1 aromatic rings. The van der Waals surface area contributed by atoms with Gasteiger partial charge < -0.3 is 9.16 Å². The summed E-state index contributed by atoms with van der Waals surface area (Å²) in [5.41, 5.74) is 2.76. The summed E-state index contributed by atoms with van der Waals surface area (Å²) in [5.74, 6) is 0.951. The van der Waals surface area contributed by atoms with Crippen LogP contribution in [-0.2, 0) is 10.8 Å². The minimum Gasteiger partial charge on any atom is -0.497 e. The van der Waals surface area contributed by atoms with Crippen molar-refractivity contribution >= 4 is 8.32 Å². The fourth-order valence-electron chi connectivity index (χ4n) is 2.23. The van der Waals surface area contributed by atoms with E-state index >= 15 is 0 Å². The van der Waals surface area contributed by atoms with E-state index in [1.54, 1.807) is 7.11 Å². The van der Waals surface area contributed by atoms with Gasteiger partial charge in [0.15, 0.2) is 8.32 Å². The first-order valence-electron chi connectivity index (χ1n) is 5.84. The highest BCUT2D eigenvalue weighted by Gasteiger charge is 2.28. The van der Waals surface area contributed by atoms with Gasteiger partial charge in [-0.25, -0.2) is 0 Å². The molecule has 0 spiro atoms. The predicted molar refractivity (Wildman–Crippen MR) is 68.5 cm³/mol. The van der Waals surface area contributed by atoms with E-state index in [4.69, 9.17) is 9.16 Å². The molecule has 0 aromatic heterocycles. The molecular weight excluding hydrogens is 216 g/mol. The molecule has 0 bridgehead atoms. The molecule has 0 aliphatic heterocycles. The summed E-state index contributed by atoms with van der Waals surface area (Å²) in [4.78, 5) is 0. The van der Waals surface area contributed by atoms with E-state index in [-0.39, 0.29) is 0 Å². The standard InChI is InChI=1S/C13H20O2Si/c1-14-11-6-7-12-10(9-11)5-8-13(12)15-16(2,3)4/h6-7,9,13H,5,8H2,1-4H3. The molecule has 88 valence electrons. The molecule has 2 rings (SSSR count). The zero-order chi connectivity index (χ0) is 11.8. The van der Waals surface area contributed by atoms with Gasteiger partial charge in [0.2, 0.25) is 0 Å². The molecule has 0 fully saturated rings. The van der Waals surface area contributed by atoms with Gasteiger partial charge in [-0.2, -0.15) is 0 Å². The summed E-state index contributed by atoms with van der Waals surface area (Å²) in [6.45, 7) is 6.73. The Bertz CT molecular complexity index is 382. The van der Waals surface area contributed by atoms with Crippen LogP contribution in [0.3, 0.4) is 0 Å². The lowest BCUT2D eigenvalue weighted by Crippen LogP contribution is -2.27. The van der Waals surface area contributed by atoms with Crippen molar-refractivity contribution in [1.29, 1.82) is 0 Å². The van der Waals surface area contributed by atoms with Crippen LogP contribution in [0.25, 0.3) is 0 Å². The van der Waals surface area contributed by atoms with Crippen molar-refractivity contribution in [3.8, 4) is 5.75 Å². The zero-order valence-corrected chi connectivity index (χ0v) is 11.5. The van der Waals surface area contributed by atoms with Crippen molar-refractivity contribution in [2.24, 2.45) is 0 Å². The summed E-state index contributed by atoms with van der Waals surface area (Å²) in [7, 11) is 0.271. The lowest BCUT2D eigenvalue weighted by Gasteiger charge is -2.23. The molecule has 1 aliphatic carbocycles. The van der Waals surface area contributed by atoms with Crippen LogP contribution in [0.2, 0.25) is 19.6 Å². The number of hydrogen-bond acceptors (Lipinski definition) is 2. The van der Waals surface area contributed by atoms with E-state index < -0.39 is 8.32 Å². The van der Waals surface area contributed by atoms with Crippen LogP contribution in [-0.4, -0.2) is 15.4 Å². The molecule has 1 aliphatic rings. The topological polar surface area (TPSA) is 18.5 Å². The molecule has 0 amide bonds. The predicted octanol–water partition coefficient (Wildman–Crippen LogP) is 3.53. The smallest absolute Gasteiger partial charge is 0.184 e. The van der Waals surface area contributed by atoms with Gasteiger partial charge in [0.05, 0.1) is 13.2 Å². The van der Waals surface area contributed by atoms with Crippen LogP contribution in [0.1, 0.15) is 23.7 Å². The maximum Gasteiger partial charge on any atom is 0.184 e. The van der Waals surface area contributed by atoms with Crippen molar-refractivity contribution in [3.05, 3.63) is 29.3 Å². The van der Waals surface area contributed by atoms with Gasteiger partial charge in [-0.1, -0.05) is 6.07 Å². The Morgan fingerprint density at radius 3 is 2.62 bits per heavy atom. The van der Waals surface area contributed by atoms with Gasteiger partial charge in [0, 0.05) is 0 Å². The lowest BCUT2D eigenvalue weighted by molar-refractivity contribution is 0.200. The number of hydrogen-bond donors (Lipinski definition) is 0. The average Bonchev–Trinajstić information content (AvgIpc) is 2.58. The van der Waals surface area contributed by atoms with Gasteiger partial charge in [-0.05, 0) is 55.7 Å². The SMILES string of the molecule is COc1ccc2c(c1)CCC2O[Si](C)(C)C. The average molecular weight is 236 g/mol. The quantitative estimate of drug-likeness (QED) is 0.747. The molecule has 0 heterocycles. The number of rotatable bonds is 3. The van der Waals surface area contributed by atoms with Crippen LogP contribution >= 0.6 is 0 Å². The third kappa shape index (κ3) is 2.47. The van der Waals surface area contributed by atoms with Gasteiger partial charge >= 0.3 is 0 Å². The lowest BCUT2D eigenvalue weighted by atomic mass is 10.1. The summed E-state index contributed by atoms with van der Waals surface area (Å²) in [6, 6.07) is 6.33. The molecule has 0 saturated heterocycles. The monoisotopic (exact) mass is 236 g/mol. The van der Waals surface area contributed by atoms with E-state index in [1.807, 2.05) is 6.07 Å². The van der Waals surface area contributed by atoms with Crippen LogP contribution < -0.4 is 4.74 Å². The fraction of sp³-hybridized carbons (Fsp3) is 0.538. The largest absolute Gasteiger partial charge is 0.497 e. The van der Waals surface area contributed by atoms with Gasteiger partial charge in [-0.15, -0.1) is 0 Å². The number of aryl methyl sites for hydroxylation is 1. The minimum absolute atomic E-state index is 0.313. The molecule has 0 N–H and O–H groups in total. The van der Waals surface area contributed by atoms with E-state index in [9.17, 15) is 0 Å². The van der Waals surface area contributed by atoms with Crippen molar-refractivity contribution in [2.75, 3.05) is 7.11 Å². The van der Waals surface area contributed by atoms with Crippen molar-refractivity contribution in [3.63, 3.8) is 0 Å². The first-order chi connectivity index (χ1) is 7.49. The Morgan fingerprint density at radius 2 is 2.00 bits per heavy atom.